The SMILES string of the molecule is CC(=O)NC(CSC(C[N+](=O)[O-])c1ccc(Cl)cc1)C(=O)O. The van der Waals surface area contributed by atoms with Crippen LogP contribution in [0.4, 0.5) is 0 Å². The van der Waals surface area contributed by atoms with Gasteiger partial charge >= 0.3 is 5.97 Å². The van der Waals surface area contributed by atoms with Crippen molar-refractivity contribution in [3.05, 3.63) is 45.0 Å². The number of thioether (sulfide) groups is 1. The first kappa shape index (κ1) is 18.2. The topological polar surface area (TPSA) is 110 Å². The molecular formula is C13H15ClN2O5S. The van der Waals surface area contributed by atoms with Crippen LogP contribution in [0.2, 0.25) is 5.02 Å². The van der Waals surface area contributed by atoms with Gasteiger partial charge in [-0.1, -0.05) is 23.7 Å². The van der Waals surface area contributed by atoms with Crippen LogP contribution in [-0.4, -0.2) is 40.2 Å². The molecule has 0 bridgehead atoms. The molecule has 9 heteroatoms. The van der Waals surface area contributed by atoms with Crippen molar-refractivity contribution in [3.8, 4) is 0 Å². The van der Waals surface area contributed by atoms with E-state index in [2.05, 4.69) is 5.32 Å². The van der Waals surface area contributed by atoms with Gasteiger partial charge in [0.05, 0.1) is 5.25 Å². The third-order valence-corrected chi connectivity index (χ3v) is 4.30. The van der Waals surface area contributed by atoms with Gasteiger partial charge in [-0.15, -0.1) is 11.8 Å². The molecule has 1 aromatic rings. The Hall–Kier alpha value is -1.80. The van der Waals surface area contributed by atoms with Crippen LogP contribution in [0.5, 0.6) is 0 Å². The number of halogens is 1. The predicted molar refractivity (Wildman–Crippen MR) is 83.8 cm³/mol. The molecule has 0 aliphatic heterocycles. The number of aliphatic carboxylic acids is 1. The lowest BCUT2D eigenvalue weighted by atomic mass is 10.1. The summed E-state index contributed by atoms with van der Waals surface area (Å²) in [5, 5.41) is 22.1. The Morgan fingerprint density at radius 2 is 2.00 bits per heavy atom. The number of carboxylic acid groups (broad SMARTS) is 1. The highest BCUT2D eigenvalue weighted by Crippen LogP contribution is 2.30. The molecule has 0 aliphatic rings. The first-order valence-corrected chi connectivity index (χ1v) is 7.71. The van der Waals surface area contributed by atoms with Crippen LogP contribution in [0.25, 0.3) is 0 Å². The quantitative estimate of drug-likeness (QED) is 0.550. The summed E-state index contributed by atoms with van der Waals surface area (Å²) in [4.78, 5) is 32.4. The monoisotopic (exact) mass is 346 g/mol. The Labute approximate surface area is 136 Å². The van der Waals surface area contributed by atoms with Crippen molar-refractivity contribution >= 4 is 35.2 Å². The molecule has 7 nitrogen and oxygen atoms in total. The third-order valence-electron chi connectivity index (χ3n) is 2.70. The van der Waals surface area contributed by atoms with Gasteiger partial charge in [0.25, 0.3) is 0 Å². The summed E-state index contributed by atoms with van der Waals surface area (Å²) < 4.78 is 0. The average molecular weight is 347 g/mol. The molecule has 0 aromatic heterocycles. The van der Waals surface area contributed by atoms with Crippen molar-refractivity contribution in [1.82, 2.24) is 5.32 Å². The van der Waals surface area contributed by atoms with E-state index in [0.29, 0.717) is 10.6 Å². The van der Waals surface area contributed by atoms with Crippen molar-refractivity contribution in [2.45, 2.75) is 18.2 Å². The summed E-state index contributed by atoms with van der Waals surface area (Å²) in [6, 6.07) is 5.47. The van der Waals surface area contributed by atoms with E-state index in [1.165, 1.54) is 6.92 Å². The van der Waals surface area contributed by atoms with Crippen molar-refractivity contribution in [2.24, 2.45) is 0 Å². The van der Waals surface area contributed by atoms with Gasteiger partial charge in [0, 0.05) is 22.6 Å². The van der Waals surface area contributed by atoms with Gasteiger partial charge in [-0.25, -0.2) is 4.79 Å². The van der Waals surface area contributed by atoms with Crippen LogP contribution < -0.4 is 5.32 Å². The minimum Gasteiger partial charge on any atom is -0.480 e. The predicted octanol–water partition coefficient (Wildman–Crippen LogP) is 1.98. The molecule has 0 heterocycles. The molecule has 0 saturated heterocycles. The number of nitrogens with zero attached hydrogens (tertiary/aromatic N) is 1. The summed E-state index contributed by atoms with van der Waals surface area (Å²) in [5.74, 6) is -1.63. The maximum Gasteiger partial charge on any atom is 0.327 e. The highest BCUT2D eigenvalue weighted by atomic mass is 35.5. The number of carboxylic acids is 1. The van der Waals surface area contributed by atoms with E-state index in [4.69, 9.17) is 16.7 Å². The summed E-state index contributed by atoms with van der Waals surface area (Å²) >= 11 is 6.89. The zero-order valence-corrected chi connectivity index (χ0v) is 13.3. The van der Waals surface area contributed by atoms with Gasteiger partial charge < -0.3 is 10.4 Å². The zero-order valence-electron chi connectivity index (χ0n) is 11.7. The van der Waals surface area contributed by atoms with Crippen molar-refractivity contribution in [3.63, 3.8) is 0 Å². The van der Waals surface area contributed by atoms with Gasteiger partial charge in [-0.3, -0.25) is 14.9 Å². The summed E-state index contributed by atoms with van der Waals surface area (Å²) in [6.07, 6.45) is 0. The lowest BCUT2D eigenvalue weighted by molar-refractivity contribution is -0.479. The second-order valence-electron chi connectivity index (χ2n) is 4.48. The number of nitro groups is 1. The highest BCUT2D eigenvalue weighted by Gasteiger charge is 2.24. The normalized spacial score (nSPS) is 13.2. The fourth-order valence-corrected chi connectivity index (χ4v) is 3.05. The molecule has 120 valence electrons. The molecule has 0 spiro atoms. The van der Waals surface area contributed by atoms with E-state index in [0.717, 1.165) is 11.8 Å². The fraction of sp³-hybridized carbons (Fsp3) is 0.385. The van der Waals surface area contributed by atoms with Crippen LogP contribution >= 0.6 is 23.4 Å². The number of benzene rings is 1. The van der Waals surface area contributed by atoms with Gasteiger partial charge in [0.15, 0.2) is 0 Å². The van der Waals surface area contributed by atoms with Gasteiger partial charge in [-0.2, -0.15) is 0 Å². The minimum atomic E-state index is -1.18. The molecule has 0 fully saturated rings. The van der Waals surface area contributed by atoms with Gasteiger partial charge in [0.2, 0.25) is 12.5 Å². The van der Waals surface area contributed by atoms with Crippen molar-refractivity contribution < 1.29 is 19.6 Å². The largest absolute Gasteiger partial charge is 0.480 e. The Morgan fingerprint density at radius 1 is 1.41 bits per heavy atom. The second-order valence-corrected chi connectivity index (χ2v) is 6.15. The Bertz CT molecular complexity index is 552. The summed E-state index contributed by atoms with van der Waals surface area (Å²) in [6.45, 7) is 0.868. The third kappa shape index (κ3) is 6.31. The minimum absolute atomic E-state index is 0.0239. The average Bonchev–Trinajstić information content (AvgIpc) is 2.41. The van der Waals surface area contributed by atoms with Crippen LogP contribution in [-0.2, 0) is 9.59 Å². The van der Waals surface area contributed by atoms with Crippen molar-refractivity contribution in [2.75, 3.05) is 12.3 Å². The van der Waals surface area contributed by atoms with Crippen LogP contribution in [0, 0.1) is 10.1 Å². The molecule has 0 radical (unpaired) electrons. The molecule has 1 amide bonds. The molecular weight excluding hydrogens is 332 g/mol. The molecule has 22 heavy (non-hydrogen) atoms. The molecule has 2 atom stereocenters. The number of rotatable bonds is 8. The van der Waals surface area contributed by atoms with E-state index in [9.17, 15) is 19.7 Å². The van der Waals surface area contributed by atoms with E-state index >= 15 is 0 Å². The molecule has 2 unspecified atom stereocenters. The van der Waals surface area contributed by atoms with Crippen molar-refractivity contribution in [1.29, 1.82) is 0 Å². The van der Waals surface area contributed by atoms with Crippen LogP contribution in [0.3, 0.4) is 0 Å². The Kier molecular flexibility index (Phi) is 7.13. The fourth-order valence-electron chi connectivity index (χ4n) is 1.70. The first-order valence-electron chi connectivity index (χ1n) is 6.28. The van der Waals surface area contributed by atoms with Gasteiger partial charge in [0.1, 0.15) is 6.04 Å². The van der Waals surface area contributed by atoms with Gasteiger partial charge in [-0.05, 0) is 17.7 Å². The van der Waals surface area contributed by atoms with Crippen LogP contribution in [0.1, 0.15) is 17.7 Å². The molecule has 0 aliphatic carbocycles. The van der Waals surface area contributed by atoms with E-state index in [1.807, 2.05) is 0 Å². The number of carbonyl (C=O) groups excluding carboxylic acids is 1. The molecule has 1 aromatic carbocycles. The number of hydrogen-bond donors (Lipinski definition) is 2. The van der Waals surface area contributed by atoms with Crippen LogP contribution in [0.15, 0.2) is 24.3 Å². The maximum absolute atomic E-state index is 11.1. The first-order chi connectivity index (χ1) is 10.3. The lowest BCUT2D eigenvalue weighted by Gasteiger charge is -2.17. The lowest BCUT2D eigenvalue weighted by Crippen LogP contribution is -2.41. The number of carbonyl (C=O) groups is 2. The van der Waals surface area contributed by atoms with E-state index in [1.54, 1.807) is 24.3 Å². The summed E-state index contributed by atoms with van der Waals surface area (Å²) in [5.41, 5.74) is 0.679. The molecule has 1 rings (SSSR count). The zero-order chi connectivity index (χ0) is 16.7. The molecule has 0 saturated carbocycles. The second kappa shape index (κ2) is 8.60. The number of nitrogens with one attached hydrogen (secondary N) is 1. The summed E-state index contributed by atoms with van der Waals surface area (Å²) in [7, 11) is 0. The standard InChI is InChI=1S/C13H15ClN2O5S/c1-8(17)15-11(13(18)19)7-22-12(6-16(20)21)9-2-4-10(14)5-3-9/h2-5,11-12H,6-7H2,1H3,(H,15,17)(H,18,19). The number of hydrogen-bond acceptors (Lipinski definition) is 5. The highest BCUT2D eigenvalue weighted by molar-refractivity contribution is 7.99. The van der Waals surface area contributed by atoms with E-state index in [-0.39, 0.29) is 12.3 Å². The Morgan fingerprint density at radius 3 is 2.45 bits per heavy atom. The number of amides is 1. The smallest absolute Gasteiger partial charge is 0.327 e. The Balaban J connectivity index is 2.80. The van der Waals surface area contributed by atoms with E-state index < -0.39 is 28.1 Å². The maximum atomic E-state index is 11.1. The molecule has 2 N–H and O–H groups in total.